The van der Waals surface area contributed by atoms with Crippen LogP contribution in [0.3, 0.4) is 0 Å². The van der Waals surface area contributed by atoms with Gasteiger partial charge in [-0.1, -0.05) is 0 Å². The van der Waals surface area contributed by atoms with E-state index in [9.17, 15) is 9.18 Å². The van der Waals surface area contributed by atoms with E-state index in [4.69, 9.17) is 9.47 Å². The Balaban J connectivity index is 1.31. The first-order valence-electron chi connectivity index (χ1n) is 12.1. The predicted octanol–water partition coefficient (Wildman–Crippen LogP) is 3.70. The number of halogens is 1. The number of piperazine rings is 1. The van der Waals surface area contributed by atoms with Gasteiger partial charge in [-0.3, -0.25) is 14.2 Å². The van der Waals surface area contributed by atoms with Gasteiger partial charge in [0.1, 0.15) is 34.9 Å². The topological polar surface area (TPSA) is 84.2 Å². The smallest absolute Gasteiger partial charge is 0.244 e. The molecule has 0 radical (unpaired) electrons. The summed E-state index contributed by atoms with van der Waals surface area (Å²) in [6.45, 7) is 4.41. The van der Waals surface area contributed by atoms with Crippen molar-refractivity contribution in [1.29, 1.82) is 0 Å². The van der Waals surface area contributed by atoms with E-state index in [0.717, 1.165) is 22.7 Å². The summed E-state index contributed by atoms with van der Waals surface area (Å²) in [6.07, 6.45) is 5.10. The van der Waals surface area contributed by atoms with Crippen LogP contribution >= 0.6 is 0 Å². The van der Waals surface area contributed by atoms with Gasteiger partial charge >= 0.3 is 0 Å². The maximum Gasteiger partial charge on any atom is 0.244 e. The Morgan fingerprint density at radius 3 is 2.35 bits per heavy atom. The summed E-state index contributed by atoms with van der Waals surface area (Å²) in [6, 6.07) is 11.4. The van der Waals surface area contributed by atoms with Crippen molar-refractivity contribution in [3.8, 4) is 22.8 Å². The van der Waals surface area contributed by atoms with E-state index in [2.05, 4.69) is 20.2 Å². The third kappa shape index (κ3) is 5.00. The number of imidazole rings is 1. The molecule has 2 aromatic heterocycles. The largest absolute Gasteiger partial charge is 0.497 e. The molecule has 0 aliphatic carbocycles. The Morgan fingerprint density at radius 2 is 1.70 bits per heavy atom. The van der Waals surface area contributed by atoms with E-state index in [1.807, 2.05) is 34.4 Å². The SMILES string of the molecule is COc1cc(OC)cc(N2CCN(C(=O)C(C)Nc3c(-c4ccc(F)cc4)nc4cnccn34)CC2)c1. The molecule has 1 atom stereocenters. The lowest BCUT2D eigenvalue weighted by molar-refractivity contribution is -0.131. The lowest BCUT2D eigenvalue weighted by atomic mass is 10.1. The number of carbonyl (C=O) groups is 1. The van der Waals surface area contributed by atoms with Gasteiger partial charge in [-0.25, -0.2) is 9.37 Å². The van der Waals surface area contributed by atoms with E-state index >= 15 is 0 Å². The van der Waals surface area contributed by atoms with Crippen LogP contribution < -0.4 is 19.7 Å². The Kier molecular flexibility index (Phi) is 6.80. The molecule has 5 rings (SSSR count). The molecule has 10 heteroatoms. The van der Waals surface area contributed by atoms with Crippen molar-refractivity contribution >= 4 is 23.1 Å². The minimum Gasteiger partial charge on any atom is -0.497 e. The van der Waals surface area contributed by atoms with Gasteiger partial charge in [0.25, 0.3) is 0 Å². The number of hydrogen-bond donors (Lipinski definition) is 1. The van der Waals surface area contributed by atoms with E-state index in [1.165, 1.54) is 12.1 Å². The van der Waals surface area contributed by atoms with Crippen LogP contribution in [0.5, 0.6) is 11.5 Å². The molecule has 3 heterocycles. The molecule has 4 aromatic rings. The molecular formula is C27H29FN6O3. The first-order chi connectivity index (χ1) is 18.0. The van der Waals surface area contributed by atoms with Gasteiger partial charge in [0.15, 0.2) is 5.65 Å². The maximum absolute atomic E-state index is 13.5. The summed E-state index contributed by atoms with van der Waals surface area (Å²) in [4.78, 5) is 26.3. The molecule has 1 N–H and O–H groups in total. The van der Waals surface area contributed by atoms with Crippen LogP contribution in [-0.4, -0.2) is 71.6 Å². The third-order valence-electron chi connectivity index (χ3n) is 6.56. The van der Waals surface area contributed by atoms with Gasteiger partial charge in [0, 0.05) is 68.0 Å². The Labute approximate surface area is 214 Å². The number of aromatic nitrogens is 3. The highest BCUT2D eigenvalue weighted by Gasteiger charge is 2.27. The number of rotatable bonds is 7. The minimum atomic E-state index is -0.504. The van der Waals surface area contributed by atoms with Crippen molar-refractivity contribution in [2.75, 3.05) is 50.6 Å². The molecule has 0 saturated carbocycles. The zero-order valence-electron chi connectivity index (χ0n) is 21.0. The van der Waals surface area contributed by atoms with Gasteiger partial charge in [-0.2, -0.15) is 0 Å². The summed E-state index contributed by atoms with van der Waals surface area (Å²) in [7, 11) is 3.26. The molecule has 1 aliphatic heterocycles. The number of hydrogen-bond acceptors (Lipinski definition) is 7. The standard InChI is InChI=1S/C27H29FN6O3/c1-18(27(35)33-12-10-32(11-13-33)21-14-22(36-2)16-23(15-21)37-3)30-26-25(19-4-6-20(28)7-5-19)31-24-17-29-8-9-34(24)26/h4-9,14-18,30H,10-13H2,1-3H3. The minimum absolute atomic E-state index is 0.00284. The highest BCUT2D eigenvalue weighted by molar-refractivity contribution is 5.86. The predicted molar refractivity (Wildman–Crippen MR) is 140 cm³/mol. The molecule has 1 amide bonds. The van der Waals surface area contributed by atoms with Crippen LogP contribution in [0.4, 0.5) is 15.9 Å². The molecule has 1 saturated heterocycles. The van der Waals surface area contributed by atoms with Crippen molar-refractivity contribution in [1.82, 2.24) is 19.3 Å². The average Bonchev–Trinajstić information content (AvgIpc) is 3.30. The molecule has 1 fully saturated rings. The van der Waals surface area contributed by atoms with Crippen molar-refractivity contribution in [2.24, 2.45) is 0 Å². The summed E-state index contributed by atoms with van der Waals surface area (Å²) in [5, 5.41) is 3.36. The number of amides is 1. The number of fused-ring (bicyclic) bond motifs is 1. The average molecular weight is 505 g/mol. The van der Waals surface area contributed by atoms with Crippen LogP contribution in [0.25, 0.3) is 16.9 Å². The van der Waals surface area contributed by atoms with Crippen LogP contribution in [0.2, 0.25) is 0 Å². The number of ether oxygens (including phenoxy) is 2. The van der Waals surface area contributed by atoms with Gasteiger partial charge in [-0.15, -0.1) is 0 Å². The third-order valence-corrected chi connectivity index (χ3v) is 6.56. The highest BCUT2D eigenvalue weighted by atomic mass is 19.1. The summed E-state index contributed by atoms with van der Waals surface area (Å²) in [5.74, 6) is 1.79. The molecular weight excluding hydrogens is 475 g/mol. The fraction of sp³-hybridized carbons (Fsp3) is 0.296. The first kappa shape index (κ1) is 24.4. The van der Waals surface area contributed by atoms with Crippen LogP contribution in [0.1, 0.15) is 6.92 Å². The highest BCUT2D eigenvalue weighted by Crippen LogP contribution is 2.31. The first-order valence-corrected chi connectivity index (χ1v) is 12.1. The van der Waals surface area contributed by atoms with Crippen molar-refractivity contribution in [3.63, 3.8) is 0 Å². The molecule has 9 nitrogen and oxygen atoms in total. The normalized spacial score (nSPS) is 14.5. The molecule has 0 bridgehead atoms. The zero-order chi connectivity index (χ0) is 25.9. The lowest BCUT2D eigenvalue weighted by Gasteiger charge is -2.37. The summed E-state index contributed by atoms with van der Waals surface area (Å²) < 4.78 is 26.2. The zero-order valence-corrected chi connectivity index (χ0v) is 21.0. The molecule has 37 heavy (non-hydrogen) atoms. The van der Waals surface area contributed by atoms with Crippen molar-refractivity contribution in [3.05, 3.63) is 66.9 Å². The number of benzene rings is 2. The second-order valence-corrected chi connectivity index (χ2v) is 8.87. The number of nitrogens with zero attached hydrogens (tertiary/aromatic N) is 5. The molecule has 0 spiro atoms. The molecule has 2 aromatic carbocycles. The maximum atomic E-state index is 13.5. The summed E-state index contributed by atoms with van der Waals surface area (Å²) in [5.41, 5.74) is 3.00. The van der Waals surface area contributed by atoms with E-state index in [0.29, 0.717) is 43.3 Å². The van der Waals surface area contributed by atoms with Crippen molar-refractivity contribution in [2.45, 2.75) is 13.0 Å². The van der Waals surface area contributed by atoms with E-state index < -0.39 is 6.04 Å². The van der Waals surface area contributed by atoms with Gasteiger partial charge < -0.3 is 24.6 Å². The number of nitrogens with one attached hydrogen (secondary N) is 1. The van der Waals surface area contributed by atoms with Crippen LogP contribution in [-0.2, 0) is 4.79 Å². The van der Waals surface area contributed by atoms with Crippen molar-refractivity contribution < 1.29 is 18.7 Å². The molecule has 1 aliphatic rings. The number of anilines is 2. The quantitative estimate of drug-likeness (QED) is 0.411. The second kappa shape index (κ2) is 10.3. The Bertz CT molecular complexity index is 1380. The monoisotopic (exact) mass is 504 g/mol. The fourth-order valence-electron chi connectivity index (χ4n) is 4.55. The Hall–Kier alpha value is -4.34. The summed E-state index contributed by atoms with van der Waals surface area (Å²) >= 11 is 0. The van der Waals surface area contributed by atoms with Gasteiger partial charge in [0.05, 0.1) is 20.4 Å². The van der Waals surface area contributed by atoms with Gasteiger partial charge in [0.2, 0.25) is 5.91 Å². The number of carbonyl (C=O) groups excluding carboxylic acids is 1. The second-order valence-electron chi connectivity index (χ2n) is 8.87. The van der Waals surface area contributed by atoms with E-state index in [1.54, 1.807) is 44.9 Å². The Morgan fingerprint density at radius 1 is 1.03 bits per heavy atom. The molecule has 1 unspecified atom stereocenters. The number of methoxy groups -OCH3 is 2. The van der Waals surface area contributed by atoms with Crippen LogP contribution in [0.15, 0.2) is 61.1 Å². The fourth-order valence-corrected chi connectivity index (χ4v) is 4.55. The van der Waals surface area contributed by atoms with E-state index in [-0.39, 0.29) is 11.7 Å². The van der Waals surface area contributed by atoms with Gasteiger partial charge in [-0.05, 0) is 31.2 Å². The van der Waals surface area contributed by atoms with Crippen LogP contribution in [0, 0.1) is 5.82 Å². The lowest BCUT2D eigenvalue weighted by Crippen LogP contribution is -2.52. The molecule has 192 valence electrons.